The molecule has 1 atom stereocenters. The van der Waals surface area contributed by atoms with Gasteiger partial charge in [-0.25, -0.2) is 0 Å². The minimum absolute atomic E-state index is 0.112. The van der Waals surface area contributed by atoms with Gasteiger partial charge in [-0.1, -0.05) is 242 Å². The Balaban J connectivity index is 4.47. The third-order valence-corrected chi connectivity index (χ3v) is 12.2. The van der Waals surface area contributed by atoms with Crippen molar-refractivity contribution in [3.05, 3.63) is 170 Å². The van der Waals surface area contributed by atoms with Crippen molar-refractivity contribution in [1.29, 1.82) is 0 Å². The average molecular weight is 1060 g/mol. The molecule has 0 rings (SSSR count). The fourth-order valence-electron chi connectivity index (χ4n) is 7.64. The van der Waals surface area contributed by atoms with Crippen LogP contribution < -0.4 is 0 Å². The van der Waals surface area contributed by atoms with Gasteiger partial charge in [0.25, 0.3) is 0 Å². The van der Waals surface area contributed by atoms with Gasteiger partial charge >= 0.3 is 17.9 Å². The lowest BCUT2D eigenvalue weighted by Crippen LogP contribution is -2.30. The van der Waals surface area contributed by atoms with Crippen LogP contribution in [-0.4, -0.2) is 37.2 Å². The van der Waals surface area contributed by atoms with E-state index in [1.165, 1.54) is 25.7 Å². The second kappa shape index (κ2) is 63.3. The first kappa shape index (κ1) is 71.8. The number of carbonyl (C=O) groups is 3. The molecule has 0 amide bonds. The zero-order chi connectivity index (χ0) is 55.7. The van der Waals surface area contributed by atoms with E-state index >= 15 is 0 Å². The van der Waals surface area contributed by atoms with Crippen LogP contribution in [0.5, 0.6) is 0 Å². The zero-order valence-electron chi connectivity index (χ0n) is 49.1. The Morgan fingerprint density at radius 3 is 0.831 bits per heavy atom. The number of unbranched alkanes of at least 4 members (excludes halogenated alkanes) is 14. The molecule has 0 aliphatic heterocycles. The van der Waals surface area contributed by atoms with Crippen molar-refractivity contribution < 1.29 is 28.6 Å². The van der Waals surface area contributed by atoms with E-state index in [1.807, 2.05) is 0 Å². The molecule has 6 heteroatoms. The summed E-state index contributed by atoms with van der Waals surface area (Å²) < 4.78 is 16.8. The summed E-state index contributed by atoms with van der Waals surface area (Å²) in [7, 11) is 0. The van der Waals surface area contributed by atoms with Crippen LogP contribution in [0.1, 0.15) is 239 Å². The summed E-state index contributed by atoms with van der Waals surface area (Å²) in [5.41, 5.74) is 0. The van der Waals surface area contributed by atoms with E-state index < -0.39 is 6.10 Å². The molecule has 0 aliphatic rings. The Morgan fingerprint density at radius 2 is 0.506 bits per heavy atom. The molecule has 0 aliphatic carbocycles. The molecular formula is C71H110O6. The largest absolute Gasteiger partial charge is 0.462 e. The van der Waals surface area contributed by atoms with Gasteiger partial charge in [0.2, 0.25) is 0 Å². The third kappa shape index (κ3) is 61.5. The van der Waals surface area contributed by atoms with Crippen LogP contribution in [0.2, 0.25) is 0 Å². The molecule has 0 aromatic rings. The molecule has 0 fully saturated rings. The highest BCUT2D eigenvalue weighted by Crippen LogP contribution is 2.13. The minimum atomic E-state index is -0.820. The van der Waals surface area contributed by atoms with E-state index in [-0.39, 0.29) is 44.0 Å². The highest BCUT2D eigenvalue weighted by atomic mass is 16.6. The van der Waals surface area contributed by atoms with Gasteiger partial charge in [0.15, 0.2) is 6.10 Å². The molecule has 77 heavy (non-hydrogen) atoms. The van der Waals surface area contributed by atoms with Gasteiger partial charge in [-0.3, -0.25) is 14.4 Å². The van der Waals surface area contributed by atoms with Gasteiger partial charge < -0.3 is 14.2 Å². The van der Waals surface area contributed by atoms with Crippen molar-refractivity contribution in [1.82, 2.24) is 0 Å². The number of rotatable bonds is 53. The Morgan fingerprint density at radius 1 is 0.273 bits per heavy atom. The van der Waals surface area contributed by atoms with Crippen LogP contribution in [-0.2, 0) is 28.6 Å². The van der Waals surface area contributed by atoms with Crippen molar-refractivity contribution in [3.63, 3.8) is 0 Å². The molecule has 430 valence electrons. The molecule has 0 bridgehead atoms. The Bertz CT molecular complexity index is 1790. The summed E-state index contributed by atoms with van der Waals surface area (Å²) in [5.74, 6) is -0.995. The van der Waals surface area contributed by atoms with E-state index in [0.717, 1.165) is 167 Å². The van der Waals surface area contributed by atoms with Gasteiger partial charge in [0.1, 0.15) is 13.2 Å². The summed E-state index contributed by atoms with van der Waals surface area (Å²) >= 11 is 0. The summed E-state index contributed by atoms with van der Waals surface area (Å²) in [6.45, 7) is 6.30. The Hall–Kier alpha value is -5.23. The fraction of sp³-hybridized carbons (Fsp3) is 0.563. The van der Waals surface area contributed by atoms with Gasteiger partial charge in [0.05, 0.1) is 0 Å². The standard InChI is InChI=1S/C71H110O6/c1-4-7-10-13-16-19-22-24-26-28-30-32-33-34-35-36-37-39-40-42-44-46-49-52-55-58-61-64-70(73)76-67-68(66-75-69(72)63-60-57-54-51-48-21-18-15-12-9-6-3)77-71(74)65-62-59-56-53-50-47-45-43-41-38-31-29-27-25-23-20-17-14-11-8-5-2/h7-8,10-11,15-20,24-27,30-32,34-35,37-39,42-45,49,52,68H,4-6,9,12-14,21-23,28-29,33,36,40-41,46-48,50-51,53-67H2,1-3H3/b10-7-,11-8-,18-15-,19-16-,20-17-,26-24-,27-25-,32-30-,35-34-,38-31-,39-37-,44-42-,45-43-,52-49-. The normalized spacial score (nSPS) is 13.3. The smallest absolute Gasteiger partial charge is 0.306 e. The Labute approximate surface area is 472 Å². The third-order valence-electron chi connectivity index (χ3n) is 12.2. The lowest BCUT2D eigenvalue weighted by Gasteiger charge is -2.18. The SMILES string of the molecule is CC/C=C\C/C=C\C/C=C\C/C=C\C/C=C\C/C=C\C/C=C\C/C=C\CCCCC(=O)OCC(COC(=O)CCCCCCC/C=C\CCCC)OC(=O)CCCCCCC/C=C\C/C=C\C/C=C\C/C=C\C/C=C\CC. The molecule has 0 spiro atoms. The topological polar surface area (TPSA) is 78.9 Å². The van der Waals surface area contributed by atoms with E-state index in [2.05, 4.69) is 191 Å². The van der Waals surface area contributed by atoms with E-state index in [4.69, 9.17) is 14.2 Å². The van der Waals surface area contributed by atoms with Crippen molar-refractivity contribution in [2.75, 3.05) is 13.2 Å². The monoisotopic (exact) mass is 1060 g/mol. The molecule has 1 unspecified atom stereocenters. The Kier molecular flexibility index (Phi) is 59.0. The first-order valence-corrected chi connectivity index (χ1v) is 30.6. The number of ether oxygens (including phenoxy) is 3. The summed E-state index contributed by atoms with van der Waals surface area (Å²) in [6, 6.07) is 0. The summed E-state index contributed by atoms with van der Waals surface area (Å²) in [4.78, 5) is 38.2. The van der Waals surface area contributed by atoms with Crippen LogP contribution in [0.3, 0.4) is 0 Å². The second-order valence-electron chi connectivity index (χ2n) is 19.5. The van der Waals surface area contributed by atoms with Crippen molar-refractivity contribution in [2.45, 2.75) is 245 Å². The maximum atomic E-state index is 12.9. The molecular weight excluding hydrogens is 949 g/mol. The molecule has 0 radical (unpaired) electrons. The van der Waals surface area contributed by atoms with Crippen molar-refractivity contribution in [2.24, 2.45) is 0 Å². The van der Waals surface area contributed by atoms with Gasteiger partial charge in [-0.05, 0) is 148 Å². The number of carbonyl (C=O) groups excluding carboxylic acids is 3. The van der Waals surface area contributed by atoms with E-state index in [1.54, 1.807) is 0 Å². The number of allylic oxidation sites excluding steroid dienone is 28. The maximum absolute atomic E-state index is 12.9. The van der Waals surface area contributed by atoms with Crippen LogP contribution in [0.25, 0.3) is 0 Å². The highest BCUT2D eigenvalue weighted by Gasteiger charge is 2.19. The number of hydrogen-bond acceptors (Lipinski definition) is 6. The van der Waals surface area contributed by atoms with Crippen LogP contribution in [0.4, 0.5) is 0 Å². The fourth-order valence-corrected chi connectivity index (χ4v) is 7.64. The summed E-state index contributed by atoms with van der Waals surface area (Å²) in [6.07, 6.45) is 93.5. The molecule has 0 heterocycles. The minimum Gasteiger partial charge on any atom is -0.462 e. The van der Waals surface area contributed by atoms with Crippen LogP contribution in [0, 0.1) is 0 Å². The molecule has 0 saturated heterocycles. The van der Waals surface area contributed by atoms with Crippen LogP contribution in [0.15, 0.2) is 170 Å². The van der Waals surface area contributed by atoms with E-state index in [0.29, 0.717) is 12.8 Å². The van der Waals surface area contributed by atoms with Crippen molar-refractivity contribution in [3.8, 4) is 0 Å². The highest BCUT2D eigenvalue weighted by molar-refractivity contribution is 5.71. The lowest BCUT2D eigenvalue weighted by atomic mass is 10.1. The quantitative estimate of drug-likeness (QED) is 0.0261. The predicted molar refractivity (Wildman–Crippen MR) is 334 cm³/mol. The average Bonchev–Trinajstić information content (AvgIpc) is 3.43. The molecule has 0 aromatic carbocycles. The van der Waals surface area contributed by atoms with Gasteiger partial charge in [-0.2, -0.15) is 0 Å². The number of hydrogen-bond donors (Lipinski definition) is 0. The van der Waals surface area contributed by atoms with Gasteiger partial charge in [0, 0.05) is 19.3 Å². The molecule has 0 N–H and O–H groups in total. The lowest BCUT2D eigenvalue weighted by molar-refractivity contribution is -0.167. The maximum Gasteiger partial charge on any atom is 0.306 e. The summed E-state index contributed by atoms with van der Waals surface area (Å²) in [5, 5.41) is 0. The van der Waals surface area contributed by atoms with Crippen molar-refractivity contribution >= 4 is 17.9 Å². The van der Waals surface area contributed by atoms with E-state index in [9.17, 15) is 14.4 Å². The van der Waals surface area contributed by atoms with Crippen LogP contribution >= 0.6 is 0 Å². The first-order chi connectivity index (χ1) is 38.0. The number of esters is 3. The van der Waals surface area contributed by atoms with Gasteiger partial charge in [-0.15, -0.1) is 0 Å². The second-order valence-corrected chi connectivity index (χ2v) is 19.5. The predicted octanol–water partition coefficient (Wildman–Crippen LogP) is 21.1. The molecule has 0 aromatic heterocycles. The zero-order valence-corrected chi connectivity index (χ0v) is 49.1. The molecule has 0 saturated carbocycles. The first-order valence-electron chi connectivity index (χ1n) is 30.6. The molecule has 6 nitrogen and oxygen atoms in total.